The van der Waals surface area contributed by atoms with Crippen LogP contribution in [0, 0.1) is 11.8 Å². The molecule has 1 radical (unpaired) electrons. The summed E-state index contributed by atoms with van der Waals surface area (Å²) in [5.41, 5.74) is 0. The molecule has 0 bridgehead atoms. The van der Waals surface area contributed by atoms with Gasteiger partial charge in [0.1, 0.15) is 0 Å². The number of aliphatic carboxylic acids is 2. The van der Waals surface area contributed by atoms with E-state index >= 15 is 0 Å². The van der Waals surface area contributed by atoms with E-state index in [0.29, 0.717) is 6.42 Å². The predicted octanol–water partition coefficient (Wildman–Crippen LogP) is 5.35. The Morgan fingerprint density at radius 1 is 0.870 bits per heavy atom. The van der Waals surface area contributed by atoms with E-state index in [2.05, 4.69) is 20.8 Å². The summed E-state index contributed by atoms with van der Waals surface area (Å²) in [6.07, 6.45) is 9.66. The van der Waals surface area contributed by atoms with E-state index in [4.69, 9.17) is 10.2 Å². The summed E-state index contributed by atoms with van der Waals surface area (Å²) in [6, 6.07) is 0. The molecule has 0 spiro atoms. The molecule has 5 heteroatoms. The third kappa shape index (κ3) is 23.8. The van der Waals surface area contributed by atoms with Gasteiger partial charge in [-0.3, -0.25) is 9.59 Å². The molecule has 0 aliphatic heterocycles. The summed E-state index contributed by atoms with van der Waals surface area (Å²) in [7, 11) is 0. The van der Waals surface area contributed by atoms with Crippen molar-refractivity contribution in [2.75, 3.05) is 0 Å². The summed E-state index contributed by atoms with van der Waals surface area (Å²) in [5.74, 6) is -0.640. The number of carboxylic acids is 2. The van der Waals surface area contributed by atoms with Crippen LogP contribution >= 0.6 is 0 Å². The first-order valence-corrected chi connectivity index (χ1v) is 8.79. The van der Waals surface area contributed by atoms with Crippen molar-refractivity contribution in [1.82, 2.24) is 0 Å². The van der Waals surface area contributed by atoms with E-state index in [1.807, 2.05) is 6.92 Å². The fourth-order valence-corrected chi connectivity index (χ4v) is 2.14. The molecule has 1 atom stereocenters. The van der Waals surface area contributed by atoms with Crippen LogP contribution in [0.25, 0.3) is 0 Å². The van der Waals surface area contributed by atoms with Crippen molar-refractivity contribution in [1.29, 1.82) is 0 Å². The first-order chi connectivity index (χ1) is 10.3. The molecule has 23 heavy (non-hydrogen) atoms. The second-order valence-corrected chi connectivity index (χ2v) is 6.33. The molecule has 0 rings (SSSR count). The van der Waals surface area contributed by atoms with Crippen LogP contribution in [0.2, 0.25) is 0 Å². The topological polar surface area (TPSA) is 74.6 Å². The van der Waals surface area contributed by atoms with E-state index in [1.165, 1.54) is 19.3 Å². The molecule has 0 heterocycles. The molecule has 0 aliphatic carbocycles. The van der Waals surface area contributed by atoms with Gasteiger partial charge in [0.2, 0.25) is 0 Å². The number of hydrogen-bond acceptors (Lipinski definition) is 2. The van der Waals surface area contributed by atoms with Crippen LogP contribution < -0.4 is 0 Å². The van der Waals surface area contributed by atoms with Crippen LogP contribution in [0.15, 0.2) is 0 Å². The summed E-state index contributed by atoms with van der Waals surface area (Å²) < 4.78 is 0. The minimum absolute atomic E-state index is 0. The first-order valence-electron chi connectivity index (χ1n) is 8.79. The Labute approximate surface area is 152 Å². The van der Waals surface area contributed by atoms with Gasteiger partial charge in [0.25, 0.3) is 0 Å². The molecule has 0 aromatic heterocycles. The van der Waals surface area contributed by atoms with E-state index < -0.39 is 11.9 Å². The van der Waals surface area contributed by atoms with Gasteiger partial charge >= 0.3 is 11.9 Å². The van der Waals surface area contributed by atoms with Crippen LogP contribution in [-0.4, -0.2) is 22.2 Å². The van der Waals surface area contributed by atoms with E-state index in [9.17, 15) is 9.59 Å². The van der Waals surface area contributed by atoms with Crippen LogP contribution in [0.4, 0.5) is 0 Å². The van der Waals surface area contributed by atoms with Gasteiger partial charge in [-0.15, -0.1) is 0 Å². The van der Waals surface area contributed by atoms with Gasteiger partial charge in [-0.1, -0.05) is 66.2 Å². The maximum Gasteiger partial charge on any atom is 0.306 e. The van der Waals surface area contributed by atoms with Crippen molar-refractivity contribution in [3.63, 3.8) is 0 Å². The van der Waals surface area contributed by atoms with Gasteiger partial charge in [-0.05, 0) is 25.2 Å². The summed E-state index contributed by atoms with van der Waals surface area (Å²) in [5, 5.41) is 17.0. The third-order valence-electron chi connectivity index (χ3n) is 3.67. The van der Waals surface area contributed by atoms with E-state index in [0.717, 1.165) is 44.4 Å². The van der Waals surface area contributed by atoms with Crippen molar-refractivity contribution in [3.8, 4) is 0 Å². The average Bonchev–Trinajstić information content (AvgIpc) is 2.43. The number of carbonyl (C=O) groups is 2. The zero-order valence-electron chi connectivity index (χ0n) is 15.3. The summed E-state index contributed by atoms with van der Waals surface area (Å²) >= 11 is 0. The molecule has 4 nitrogen and oxygen atoms in total. The van der Waals surface area contributed by atoms with Crippen molar-refractivity contribution in [2.45, 2.75) is 91.9 Å². The van der Waals surface area contributed by atoms with Crippen LogP contribution in [-0.2, 0) is 26.4 Å². The van der Waals surface area contributed by atoms with Crippen LogP contribution in [0.1, 0.15) is 91.9 Å². The Hall–Kier alpha value is -0.554. The van der Waals surface area contributed by atoms with E-state index in [1.54, 1.807) is 0 Å². The summed E-state index contributed by atoms with van der Waals surface area (Å²) in [6.45, 7) is 8.44. The number of rotatable bonds is 12. The first kappa shape index (κ1) is 27.3. The SMILES string of the molecule is CC(C)CCCCCCC(=O)O.CCCCC(CC)C(=O)O.[Co]. The molecule has 0 fully saturated rings. The third-order valence-corrected chi connectivity index (χ3v) is 3.67. The predicted molar refractivity (Wildman–Crippen MR) is 91.1 cm³/mol. The minimum atomic E-state index is -0.668. The molecular formula is C18H36CoO4. The zero-order valence-corrected chi connectivity index (χ0v) is 16.3. The second kappa shape index (κ2) is 19.5. The Bertz CT molecular complexity index is 280. The summed E-state index contributed by atoms with van der Waals surface area (Å²) in [4.78, 5) is 20.6. The second-order valence-electron chi connectivity index (χ2n) is 6.33. The van der Waals surface area contributed by atoms with Crippen molar-refractivity contribution >= 4 is 11.9 Å². The number of hydrogen-bond donors (Lipinski definition) is 2. The quantitative estimate of drug-likeness (QED) is 0.451. The van der Waals surface area contributed by atoms with Crippen LogP contribution in [0.5, 0.6) is 0 Å². The van der Waals surface area contributed by atoms with Gasteiger partial charge in [-0.25, -0.2) is 0 Å². The molecule has 2 N–H and O–H groups in total. The fraction of sp³-hybridized carbons (Fsp3) is 0.889. The molecule has 0 aromatic carbocycles. The number of carboxylic acid groups (broad SMARTS) is 2. The largest absolute Gasteiger partial charge is 0.481 e. The van der Waals surface area contributed by atoms with E-state index in [-0.39, 0.29) is 22.7 Å². The van der Waals surface area contributed by atoms with Gasteiger partial charge in [0.05, 0.1) is 5.92 Å². The monoisotopic (exact) mass is 375 g/mol. The Kier molecular flexibility index (Phi) is 23.1. The maximum atomic E-state index is 10.4. The molecule has 0 saturated heterocycles. The maximum absolute atomic E-state index is 10.4. The van der Waals surface area contributed by atoms with Gasteiger partial charge in [0, 0.05) is 23.2 Å². The molecule has 1 unspecified atom stereocenters. The van der Waals surface area contributed by atoms with Gasteiger partial charge in [-0.2, -0.15) is 0 Å². The zero-order chi connectivity index (χ0) is 17.4. The fourth-order valence-electron chi connectivity index (χ4n) is 2.14. The Balaban J connectivity index is -0.000000338. The molecule has 0 aromatic rings. The minimum Gasteiger partial charge on any atom is -0.481 e. The molecular weight excluding hydrogens is 339 g/mol. The molecule has 0 amide bonds. The number of unbranched alkanes of at least 4 members (excludes halogenated alkanes) is 4. The molecule has 0 aliphatic rings. The molecule has 141 valence electrons. The smallest absolute Gasteiger partial charge is 0.306 e. The Morgan fingerprint density at radius 2 is 1.43 bits per heavy atom. The standard InChI is InChI=1S/C10H20O2.C8H16O2.Co/c1-9(2)7-5-3-4-6-8-10(11)12;1-3-5-6-7(4-2)8(9)10;/h9H,3-8H2,1-2H3,(H,11,12);7H,3-6H2,1-2H3,(H,9,10);. The Morgan fingerprint density at radius 3 is 1.83 bits per heavy atom. The van der Waals surface area contributed by atoms with Crippen molar-refractivity contribution in [2.24, 2.45) is 11.8 Å². The van der Waals surface area contributed by atoms with Crippen molar-refractivity contribution in [3.05, 3.63) is 0 Å². The normalized spacial score (nSPS) is 11.2. The van der Waals surface area contributed by atoms with Crippen LogP contribution in [0.3, 0.4) is 0 Å². The average molecular weight is 375 g/mol. The van der Waals surface area contributed by atoms with Gasteiger partial charge < -0.3 is 10.2 Å². The van der Waals surface area contributed by atoms with Gasteiger partial charge in [0.15, 0.2) is 0 Å². The van der Waals surface area contributed by atoms with Crippen molar-refractivity contribution < 1.29 is 36.6 Å². The molecule has 0 saturated carbocycles.